The van der Waals surface area contributed by atoms with Crippen molar-refractivity contribution in [2.45, 2.75) is 45.1 Å². The van der Waals surface area contributed by atoms with Crippen LogP contribution in [0.3, 0.4) is 0 Å². The van der Waals surface area contributed by atoms with E-state index in [2.05, 4.69) is 14.8 Å². The first-order valence-electron chi connectivity index (χ1n) is 8.36. The first kappa shape index (κ1) is 19.0. The Morgan fingerprint density at radius 1 is 1.26 bits per heavy atom. The lowest BCUT2D eigenvalue weighted by Gasteiger charge is -2.21. The fourth-order valence-electron chi connectivity index (χ4n) is 3.24. The highest BCUT2D eigenvalue weighted by Crippen LogP contribution is 2.28. The molecular weight excluding hydrogens is 368 g/mol. The normalized spacial score (nSPS) is 12.5. The summed E-state index contributed by atoms with van der Waals surface area (Å²) in [6, 6.07) is 4.68. The second-order valence-corrected chi connectivity index (χ2v) is 9.08. The van der Waals surface area contributed by atoms with Crippen molar-refractivity contribution in [1.82, 2.24) is 14.8 Å². The molecule has 27 heavy (non-hydrogen) atoms. The third-order valence-electron chi connectivity index (χ3n) is 4.29. The van der Waals surface area contributed by atoms with Gasteiger partial charge in [-0.25, -0.2) is 13.2 Å². The summed E-state index contributed by atoms with van der Waals surface area (Å²) in [5.74, 6) is -1.05. The maximum Gasteiger partial charge on any atom is 0.337 e. The van der Waals surface area contributed by atoms with Crippen LogP contribution in [0, 0.1) is 13.8 Å². The summed E-state index contributed by atoms with van der Waals surface area (Å²) < 4.78 is 30.2. The van der Waals surface area contributed by atoms with Crippen molar-refractivity contribution >= 4 is 32.6 Å². The molecule has 0 saturated carbocycles. The zero-order valence-corrected chi connectivity index (χ0v) is 16.6. The van der Waals surface area contributed by atoms with Crippen molar-refractivity contribution in [2.24, 2.45) is 0 Å². The van der Waals surface area contributed by atoms with E-state index in [9.17, 15) is 13.2 Å². The van der Waals surface area contributed by atoms with E-state index in [-0.39, 0.29) is 16.0 Å². The maximum absolute atomic E-state index is 13.0. The van der Waals surface area contributed by atoms with E-state index < -0.39 is 16.0 Å². The number of hydrogen-bond acceptors (Lipinski definition) is 4. The molecule has 2 heterocycles. The number of carboxylic acids is 1. The Morgan fingerprint density at radius 3 is 2.48 bits per heavy atom. The number of carboxylic acid groups (broad SMARTS) is 1. The fraction of sp³-hybridized carbons (Fsp3) is 0.333. The summed E-state index contributed by atoms with van der Waals surface area (Å²) in [4.78, 5) is 14.2. The summed E-state index contributed by atoms with van der Waals surface area (Å²) in [5.41, 5.74) is 1.64. The molecule has 0 bridgehead atoms. The molecule has 1 aromatic carbocycles. The van der Waals surface area contributed by atoms with Crippen LogP contribution < -0.4 is 4.72 Å². The van der Waals surface area contributed by atoms with Gasteiger partial charge in [0.1, 0.15) is 4.90 Å². The lowest BCUT2D eigenvalue weighted by Crippen LogP contribution is -2.25. The van der Waals surface area contributed by atoms with Crippen LogP contribution in [-0.2, 0) is 15.6 Å². The van der Waals surface area contributed by atoms with Gasteiger partial charge in [0, 0.05) is 17.1 Å². The van der Waals surface area contributed by atoms with Crippen LogP contribution in [0.4, 0.5) is 5.69 Å². The quantitative estimate of drug-likeness (QED) is 0.632. The number of carbonyl (C=O) groups is 1. The van der Waals surface area contributed by atoms with Crippen LogP contribution in [-0.4, -0.2) is 34.3 Å². The first-order chi connectivity index (χ1) is 12.4. The van der Waals surface area contributed by atoms with Crippen molar-refractivity contribution in [3.63, 3.8) is 0 Å². The molecule has 9 heteroatoms. The maximum atomic E-state index is 13.0. The van der Waals surface area contributed by atoms with Gasteiger partial charge in [-0.1, -0.05) is 0 Å². The zero-order chi connectivity index (χ0) is 20.1. The van der Waals surface area contributed by atoms with Crippen molar-refractivity contribution in [1.29, 1.82) is 0 Å². The molecule has 3 N–H and O–H groups in total. The van der Waals surface area contributed by atoms with E-state index in [0.29, 0.717) is 28.0 Å². The minimum absolute atomic E-state index is 0.137. The van der Waals surface area contributed by atoms with Gasteiger partial charge in [-0.05, 0) is 52.8 Å². The van der Waals surface area contributed by atoms with Gasteiger partial charge in [-0.2, -0.15) is 5.10 Å². The average molecular weight is 390 g/mol. The van der Waals surface area contributed by atoms with Crippen LogP contribution in [0.2, 0.25) is 0 Å². The third kappa shape index (κ3) is 3.30. The number of nitrogens with one attached hydrogen (secondary N) is 2. The van der Waals surface area contributed by atoms with Gasteiger partial charge >= 0.3 is 5.97 Å². The van der Waals surface area contributed by atoms with Crippen LogP contribution >= 0.6 is 0 Å². The molecule has 0 saturated heterocycles. The van der Waals surface area contributed by atoms with E-state index >= 15 is 0 Å². The van der Waals surface area contributed by atoms with Gasteiger partial charge in [0.2, 0.25) is 0 Å². The molecule has 0 radical (unpaired) electrons. The minimum atomic E-state index is -3.86. The molecular formula is C18H22N4O4S. The number of anilines is 1. The van der Waals surface area contributed by atoms with Crippen LogP contribution in [0.25, 0.3) is 10.9 Å². The highest BCUT2D eigenvalue weighted by Gasteiger charge is 2.28. The van der Waals surface area contributed by atoms with Gasteiger partial charge in [0.25, 0.3) is 10.0 Å². The molecule has 0 spiro atoms. The number of nitrogens with zero attached hydrogens (tertiary/aromatic N) is 2. The molecule has 0 atom stereocenters. The predicted molar refractivity (Wildman–Crippen MR) is 103 cm³/mol. The standard InChI is InChI=1S/C18H22N4O4S/c1-10-16(11(2)22(20-10)18(3,4)5)27(25,26)21-12-6-7-13-14(17(23)24)9-19-15(13)8-12/h6-9,19,21H,1-5H3,(H,23,24). The SMILES string of the molecule is Cc1nn(C(C)(C)C)c(C)c1S(=O)(=O)Nc1ccc2c(C(=O)O)c[nH]c2c1. The van der Waals surface area contributed by atoms with Crippen LogP contribution in [0.15, 0.2) is 29.3 Å². The number of aromatic nitrogens is 3. The van der Waals surface area contributed by atoms with Crippen molar-refractivity contribution in [2.75, 3.05) is 4.72 Å². The number of rotatable bonds is 4. The van der Waals surface area contributed by atoms with E-state index in [1.165, 1.54) is 6.20 Å². The molecule has 0 aliphatic rings. The first-order valence-corrected chi connectivity index (χ1v) is 9.84. The van der Waals surface area contributed by atoms with Crippen LogP contribution in [0.1, 0.15) is 42.5 Å². The molecule has 2 aromatic heterocycles. The molecule has 144 valence electrons. The Hall–Kier alpha value is -2.81. The Kier molecular flexibility index (Phi) is 4.30. The molecule has 0 fully saturated rings. The zero-order valence-electron chi connectivity index (χ0n) is 15.8. The highest BCUT2D eigenvalue weighted by atomic mass is 32.2. The minimum Gasteiger partial charge on any atom is -0.478 e. The van der Waals surface area contributed by atoms with E-state index in [1.54, 1.807) is 36.7 Å². The number of benzene rings is 1. The number of H-pyrrole nitrogens is 1. The third-order valence-corrected chi connectivity index (χ3v) is 5.93. The lowest BCUT2D eigenvalue weighted by molar-refractivity contribution is 0.0699. The summed E-state index contributed by atoms with van der Waals surface area (Å²) in [6.45, 7) is 9.25. The van der Waals surface area contributed by atoms with E-state index in [4.69, 9.17) is 5.11 Å². The van der Waals surface area contributed by atoms with E-state index in [1.807, 2.05) is 20.8 Å². The molecule has 0 amide bonds. The topological polar surface area (TPSA) is 117 Å². The Bertz CT molecular complexity index is 1150. The van der Waals surface area contributed by atoms with Gasteiger partial charge in [-0.15, -0.1) is 0 Å². The predicted octanol–water partition coefficient (Wildman–Crippen LogP) is 3.24. The second-order valence-electron chi connectivity index (χ2n) is 7.46. The lowest BCUT2D eigenvalue weighted by atomic mass is 10.1. The number of hydrogen-bond donors (Lipinski definition) is 3. The monoisotopic (exact) mass is 390 g/mol. The second kappa shape index (κ2) is 6.12. The van der Waals surface area contributed by atoms with Gasteiger partial charge < -0.3 is 10.1 Å². The van der Waals surface area contributed by atoms with E-state index in [0.717, 1.165) is 0 Å². The summed E-state index contributed by atoms with van der Waals surface area (Å²) in [6.07, 6.45) is 1.38. The largest absolute Gasteiger partial charge is 0.478 e. The fourth-order valence-corrected chi connectivity index (χ4v) is 4.69. The Balaban J connectivity index is 2.02. The number of fused-ring (bicyclic) bond motifs is 1. The number of aromatic amines is 1. The molecule has 0 unspecified atom stereocenters. The molecule has 3 rings (SSSR count). The van der Waals surface area contributed by atoms with Crippen molar-refractivity contribution < 1.29 is 18.3 Å². The smallest absolute Gasteiger partial charge is 0.337 e. The number of sulfonamides is 1. The Morgan fingerprint density at radius 2 is 1.93 bits per heavy atom. The van der Waals surface area contributed by atoms with Crippen molar-refractivity contribution in [3.8, 4) is 0 Å². The summed E-state index contributed by atoms with van der Waals surface area (Å²) in [5, 5.41) is 14.1. The summed E-state index contributed by atoms with van der Waals surface area (Å²) in [7, 11) is -3.86. The van der Waals surface area contributed by atoms with Crippen LogP contribution in [0.5, 0.6) is 0 Å². The molecule has 3 aromatic rings. The summed E-state index contributed by atoms with van der Waals surface area (Å²) >= 11 is 0. The number of aryl methyl sites for hydroxylation is 1. The highest BCUT2D eigenvalue weighted by molar-refractivity contribution is 7.92. The molecule has 0 aliphatic carbocycles. The number of aromatic carboxylic acids is 1. The Labute approximate surface area is 157 Å². The van der Waals surface area contributed by atoms with Crippen molar-refractivity contribution in [3.05, 3.63) is 41.3 Å². The van der Waals surface area contributed by atoms with Gasteiger partial charge in [-0.3, -0.25) is 9.40 Å². The average Bonchev–Trinajstić information content (AvgIpc) is 3.07. The van der Waals surface area contributed by atoms with Gasteiger partial charge in [0.15, 0.2) is 0 Å². The molecule has 0 aliphatic heterocycles. The molecule has 8 nitrogen and oxygen atoms in total. The van der Waals surface area contributed by atoms with Gasteiger partial charge in [0.05, 0.1) is 28.2 Å².